The molecule has 5 heteroatoms. The van der Waals surface area contributed by atoms with Gasteiger partial charge in [-0.25, -0.2) is 0 Å². The van der Waals surface area contributed by atoms with Crippen molar-refractivity contribution in [1.29, 1.82) is 0 Å². The van der Waals surface area contributed by atoms with Gasteiger partial charge < -0.3 is 0 Å². The molecular formula is C14H22N4W. The van der Waals surface area contributed by atoms with E-state index in [9.17, 15) is 0 Å². The number of hydrogen-bond donors (Lipinski definition) is 0. The molecule has 0 aromatic carbocycles. The van der Waals surface area contributed by atoms with Gasteiger partial charge in [0.05, 0.1) is 0 Å². The number of rotatable bonds is 4. The van der Waals surface area contributed by atoms with Crippen LogP contribution in [0.5, 0.6) is 0 Å². The summed E-state index contributed by atoms with van der Waals surface area (Å²) in [5.41, 5.74) is 0. The SMILES string of the molecule is C[N](C)[W](=[N]C1C=CC=C1)(=[N]C1C=CC=C1)[N](C)C. The Morgan fingerprint density at radius 3 is 1.26 bits per heavy atom. The van der Waals surface area contributed by atoms with Crippen LogP contribution in [-0.4, -0.2) is 47.2 Å². The maximum absolute atomic E-state index is 5.12. The van der Waals surface area contributed by atoms with E-state index in [-0.39, 0.29) is 12.1 Å². The summed E-state index contributed by atoms with van der Waals surface area (Å²) in [6.45, 7) is 0. The van der Waals surface area contributed by atoms with Gasteiger partial charge in [0, 0.05) is 0 Å². The second-order valence-electron chi connectivity index (χ2n) is 4.85. The maximum atomic E-state index is 5.12. The molecule has 0 aliphatic heterocycles. The molecule has 0 N–H and O–H groups in total. The summed E-state index contributed by atoms with van der Waals surface area (Å²) >= 11 is -3.22. The molecule has 19 heavy (non-hydrogen) atoms. The van der Waals surface area contributed by atoms with Crippen LogP contribution in [0.1, 0.15) is 0 Å². The first kappa shape index (κ1) is 14.6. The zero-order valence-corrected chi connectivity index (χ0v) is 14.9. The normalized spacial score (nSPS) is 19.3. The molecule has 0 spiro atoms. The predicted octanol–water partition coefficient (Wildman–Crippen LogP) is 2.45. The molecule has 0 amide bonds. The number of hydrogen-bond acceptors (Lipinski definition) is 2. The van der Waals surface area contributed by atoms with Crippen molar-refractivity contribution < 1.29 is 16.2 Å². The molecule has 0 aromatic rings. The van der Waals surface area contributed by atoms with Gasteiger partial charge in [0.15, 0.2) is 0 Å². The predicted molar refractivity (Wildman–Crippen MR) is 76.4 cm³/mol. The Morgan fingerprint density at radius 2 is 1.00 bits per heavy atom. The molecule has 104 valence electrons. The van der Waals surface area contributed by atoms with E-state index in [1.807, 2.05) is 0 Å². The van der Waals surface area contributed by atoms with E-state index in [1.54, 1.807) is 0 Å². The fourth-order valence-corrected chi connectivity index (χ4v) is 10.6. The van der Waals surface area contributed by atoms with Crippen LogP contribution in [0, 0.1) is 0 Å². The minimum atomic E-state index is -3.22. The summed E-state index contributed by atoms with van der Waals surface area (Å²) in [5, 5.41) is 0. The van der Waals surface area contributed by atoms with E-state index < -0.39 is 16.2 Å². The van der Waals surface area contributed by atoms with Gasteiger partial charge in [-0.15, -0.1) is 0 Å². The van der Waals surface area contributed by atoms with Crippen molar-refractivity contribution in [2.75, 3.05) is 28.2 Å². The van der Waals surface area contributed by atoms with Crippen LogP contribution >= 0.6 is 0 Å². The second-order valence-corrected chi connectivity index (χ2v) is 15.1. The Hall–Kier alpha value is -0.832. The first-order valence-electron chi connectivity index (χ1n) is 6.37. The van der Waals surface area contributed by atoms with E-state index in [1.165, 1.54) is 0 Å². The molecule has 0 aromatic heterocycles. The number of nitrogens with zero attached hydrogens (tertiary/aromatic N) is 4. The summed E-state index contributed by atoms with van der Waals surface area (Å²) in [5.74, 6) is 0. The van der Waals surface area contributed by atoms with Gasteiger partial charge in [0.1, 0.15) is 0 Å². The van der Waals surface area contributed by atoms with E-state index in [0.717, 1.165) is 0 Å². The second kappa shape index (κ2) is 6.08. The fraction of sp³-hybridized carbons (Fsp3) is 0.429. The Labute approximate surface area is 119 Å². The third kappa shape index (κ3) is 3.19. The van der Waals surface area contributed by atoms with Crippen LogP contribution in [0.3, 0.4) is 0 Å². The Kier molecular flexibility index (Phi) is 4.66. The summed E-state index contributed by atoms with van der Waals surface area (Å²) in [6, 6.07) is 0.357. The fourth-order valence-electron chi connectivity index (χ4n) is 2.04. The Balaban J connectivity index is 2.53. The van der Waals surface area contributed by atoms with Crippen molar-refractivity contribution >= 4 is 0 Å². The van der Waals surface area contributed by atoms with Crippen molar-refractivity contribution in [2.24, 2.45) is 6.99 Å². The standard InChI is InChI=1S/2C5H5N.2C2H6N.W/c2*6-5-3-1-2-4-5;2*1-3-2;/h2*1-5H;2*1-2H3;/q;;2*-1;+2. The molecular weight excluding hydrogens is 408 g/mol. The van der Waals surface area contributed by atoms with Crippen molar-refractivity contribution in [2.45, 2.75) is 12.1 Å². The third-order valence-corrected chi connectivity index (χ3v) is 13.8. The van der Waals surface area contributed by atoms with Crippen LogP contribution < -0.4 is 0 Å². The van der Waals surface area contributed by atoms with Gasteiger partial charge >= 0.3 is 119 Å². The molecule has 0 bridgehead atoms. The average molecular weight is 430 g/mol. The molecule has 0 heterocycles. The molecule has 2 rings (SSSR count). The van der Waals surface area contributed by atoms with Gasteiger partial charge in [-0.2, -0.15) is 0 Å². The van der Waals surface area contributed by atoms with Gasteiger partial charge in [-0.05, 0) is 0 Å². The topological polar surface area (TPSA) is 31.2 Å². The van der Waals surface area contributed by atoms with Crippen molar-refractivity contribution in [3.05, 3.63) is 48.6 Å². The van der Waals surface area contributed by atoms with Gasteiger partial charge in [0.25, 0.3) is 0 Å². The minimum absolute atomic E-state index is 0.179. The summed E-state index contributed by atoms with van der Waals surface area (Å²) in [4.78, 5) is 0. The molecule has 0 atom stereocenters. The molecule has 0 fully saturated rings. The summed E-state index contributed by atoms with van der Waals surface area (Å²) < 4.78 is 14.8. The third-order valence-electron chi connectivity index (χ3n) is 2.96. The van der Waals surface area contributed by atoms with Crippen LogP contribution in [0.25, 0.3) is 0 Å². The van der Waals surface area contributed by atoms with Crippen LogP contribution in [0.2, 0.25) is 0 Å². The van der Waals surface area contributed by atoms with E-state index in [4.69, 9.17) is 6.99 Å². The molecule has 4 nitrogen and oxygen atoms in total. The quantitative estimate of drug-likeness (QED) is 0.687. The molecule has 2 aliphatic carbocycles. The molecule has 0 saturated heterocycles. The summed E-state index contributed by atoms with van der Waals surface area (Å²) in [7, 11) is 8.42. The van der Waals surface area contributed by atoms with Crippen LogP contribution in [0.4, 0.5) is 0 Å². The monoisotopic (exact) mass is 430 g/mol. The van der Waals surface area contributed by atoms with Gasteiger partial charge in [0.2, 0.25) is 0 Å². The summed E-state index contributed by atoms with van der Waals surface area (Å²) in [6.07, 6.45) is 16.8. The van der Waals surface area contributed by atoms with Crippen molar-refractivity contribution in [3.63, 3.8) is 0 Å². The number of allylic oxidation sites excluding steroid dienone is 4. The Morgan fingerprint density at radius 1 is 0.684 bits per heavy atom. The van der Waals surface area contributed by atoms with Gasteiger partial charge in [-0.1, -0.05) is 0 Å². The van der Waals surface area contributed by atoms with Crippen molar-refractivity contribution in [3.8, 4) is 0 Å². The van der Waals surface area contributed by atoms with E-state index >= 15 is 0 Å². The van der Waals surface area contributed by atoms with Crippen molar-refractivity contribution in [1.82, 2.24) is 6.92 Å². The first-order chi connectivity index (χ1) is 9.04. The zero-order valence-electron chi connectivity index (χ0n) is 12.0. The average Bonchev–Trinajstić information content (AvgIpc) is 3.00. The Bertz CT molecular complexity index is 480. The van der Waals surface area contributed by atoms with Gasteiger partial charge in [-0.3, -0.25) is 0 Å². The zero-order chi connectivity index (χ0) is 13.9. The molecule has 0 saturated carbocycles. The first-order valence-corrected chi connectivity index (χ1v) is 11.6. The van der Waals surface area contributed by atoms with E-state index in [0.29, 0.717) is 0 Å². The molecule has 0 radical (unpaired) electrons. The van der Waals surface area contributed by atoms with Crippen LogP contribution in [-0.2, 0) is 16.2 Å². The van der Waals surface area contributed by atoms with Crippen LogP contribution in [0.15, 0.2) is 55.6 Å². The van der Waals surface area contributed by atoms with E-state index in [2.05, 4.69) is 83.7 Å². The molecule has 2 aliphatic rings. The molecule has 0 unspecified atom stereocenters.